The van der Waals surface area contributed by atoms with Crippen molar-refractivity contribution in [3.05, 3.63) is 70.9 Å². The number of benzene rings is 1. The molecule has 1 aromatic carbocycles. The van der Waals surface area contributed by atoms with Crippen molar-refractivity contribution in [2.24, 2.45) is 4.58 Å². The highest BCUT2D eigenvalue weighted by Crippen LogP contribution is 2.41. The zero-order valence-corrected chi connectivity index (χ0v) is 19.4. The summed E-state index contributed by atoms with van der Waals surface area (Å²) in [6, 6.07) is 12.4. The number of nitroso groups, excluding NO2 is 1. The van der Waals surface area contributed by atoms with Crippen molar-refractivity contribution in [1.82, 2.24) is 15.2 Å². The number of halogens is 1. The van der Waals surface area contributed by atoms with E-state index < -0.39 is 22.7 Å². The van der Waals surface area contributed by atoms with E-state index in [1.54, 1.807) is 25.3 Å². The number of pyridine rings is 1. The number of carbonyl (C=O) groups is 2. The Balaban J connectivity index is 0.00000363. The zero-order chi connectivity index (χ0) is 22.1. The predicted molar refractivity (Wildman–Crippen MR) is 126 cm³/mol. The molecule has 2 heterocycles. The van der Waals surface area contributed by atoms with Gasteiger partial charge in [-0.25, -0.2) is 4.79 Å². The van der Waals surface area contributed by atoms with Crippen LogP contribution in [0.5, 0.6) is 0 Å². The maximum Gasteiger partial charge on any atom is 0.330 e. The van der Waals surface area contributed by atoms with Gasteiger partial charge in [-0.2, -0.15) is 0 Å². The topological polar surface area (TPSA) is 101 Å². The van der Waals surface area contributed by atoms with Gasteiger partial charge >= 0.3 is 5.97 Å². The molecule has 0 spiro atoms. The Morgan fingerprint density at radius 3 is 2.53 bits per heavy atom. The molecule has 32 heavy (non-hydrogen) atoms. The Morgan fingerprint density at radius 1 is 1.22 bits per heavy atom. The number of carbonyl (C=O) groups excluding carboxylic acids is 2. The third-order valence-corrected chi connectivity index (χ3v) is 6.50. The minimum Gasteiger partial charge on any atom is -0.464 e. The van der Waals surface area contributed by atoms with Crippen molar-refractivity contribution < 1.29 is 14.3 Å². The van der Waals surface area contributed by atoms with Crippen LogP contribution in [0.2, 0.25) is 0 Å². The fraction of sp³-hybridized carbons (Fsp3) is 0.409. The molecule has 10 heteroatoms. The summed E-state index contributed by atoms with van der Waals surface area (Å²) in [5.41, 5.74) is 1.53. The molecule has 1 amide bonds. The summed E-state index contributed by atoms with van der Waals surface area (Å²) in [6.45, 7) is 3.99. The first-order valence-electron chi connectivity index (χ1n) is 10.2. The molecule has 1 atom stereocenters. The lowest BCUT2D eigenvalue weighted by atomic mass is 9.87. The fourth-order valence-corrected chi connectivity index (χ4v) is 4.55. The Labute approximate surface area is 198 Å². The van der Waals surface area contributed by atoms with Crippen LogP contribution >= 0.6 is 24.4 Å². The van der Waals surface area contributed by atoms with Crippen molar-refractivity contribution in [3.8, 4) is 0 Å². The quantitative estimate of drug-likeness (QED) is 0.333. The zero-order valence-electron chi connectivity index (χ0n) is 17.8. The SMILES string of the molecule is CCOC(=O)C(NC(=O)c1cccnc1)C1(SN=O)CCN(Cc2ccccc2)CC1.Cl. The van der Waals surface area contributed by atoms with Crippen LogP contribution in [0.4, 0.5) is 0 Å². The van der Waals surface area contributed by atoms with Gasteiger partial charge in [0.15, 0.2) is 0 Å². The largest absolute Gasteiger partial charge is 0.464 e. The summed E-state index contributed by atoms with van der Waals surface area (Å²) in [7, 11) is 0. The lowest BCUT2D eigenvalue weighted by molar-refractivity contribution is -0.146. The Hall–Kier alpha value is -2.49. The second kappa shape index (κ2) is 12.5. The highest BCUT2D eigenvalue weighted by atomic mass is 35.5. The summed E-state index contributed by atoms with van der Waals surface area (Å²) < 4.78 is 7.43. The molecular weight excluding hydrogens is 452 g/mol. The number of ether oxygens (including phenoxy) is 1. The van der Waals surface area contributed by atoms with E-state index in [-0.39, 0.29) is 19.0 Å². The van der Waals surface area contributed by atoms with Crippen LogP contribution in [0.1, 0.15) is 35.7 Å². The average molecular weight is 479 g/mol. The van der Waals surface area contributed by atoms with E-state index in [1.807, 2.05) is 18.2 Å². The molecule has 0 radical (unpaired) electrons. The molecule has 1 aliphatic heterocycles. The van der Waals surface area contributed by atoms with Gasteiger partial charge in [-0.3, -0.25) is 14.7 Å². The van der Waals surface area contributed by atoms with Gasteiger partial charge in [0.05, 0.1) is 16.9 Å². The van der Waals surface area contributed by atoms with Gasteiger partial charge in [0.1, 0.15) is 6.04 Å². The minimum atomic E-state index is -0.998. The van der Waals surface area contributed by atoms with E-state index in [0.29, 0.717) is 31.5 Å². The van der Waals surface area contributed by atoms with Gasteiger partial charge in [0.2, 0.25) is 0 Å². The monoisotopic (exact) mass is 478 g/mol. The molecule has 1 aromatic heterocycles. The van der Waals surface area contributed by atoms with Crippen molar-refractivity contribution in [2.75, 3.05) is 19.7 Å². The lowest BCUT2D eigenvalue weighted by Gasteiger charge is -2.43. The molecule has 1 fully saturated rings. The van der Waals surface area contributed by atoms with Crippen LogP contribution in [-0.2, 0) is 16.1 Å². The summed E-state index contributed by atoms with van der Waals surface area (Å²) in [6.07, 6.45) is 4.01. The Morgan fingerprint density at radius 2 is 1.94 bits per heavy atom. The third kappa shape index (κ3) is 6.51. The summed E-state index contributed by atoms with van der Waals surface area (Å²) in [4.78, 5) is 43.1. The molecule has 2 aromatic rings. The van der Waals surface area contributed by atoms with Gasteiger partial charge in [-0.1, -0.05) is 30.3 Å². The number of likely N-dealkylation sites (tertiary alicyclic amines) is 1. The number of rotatable bonds is 9. The van der Waals surface area contributed by atoms with E-state index in [0.717, 1.165) is 18.5 Å². The van der Waals surface area contributed by atoms with Gasteiger partial charge in [0, 0.05) is 35.5 Å². The highest BCUT2D eigenvalue weighted by molar-refractivity contribution is 7.99. The third-order valence-electron chi connectivity index (χ3n) is 5.42. The van der Waals surface area contributed by atoms with Gasteiger partial charge in [-0.15, -0.1) is 17.3 Å². The number of hydrogen-bond donors (Lipinski definition) is 1. The van der Waals surface area contributed by atoms with Gasteiger partial charge in [-0.05, 0) is 50.6 Å². The van der Waals surface area contributed by atoms with Crippen LogP contribution in [0.15, 0.2) is 59.4 Å². The standard InChI is InChI=1S/C22H26N4O4S.ClH/c1-2-30-21(28)19(24-20(27)18-9-6-12-23-15-18)22(31-25-29)10-13-26(14-11-22)16-17-7-4-3-5-8-17;/h3-9,12,15,19H,2,10-11,13-14,16H2,1H3,(H,24,27);1H. The smallest absolute Gasteiger partial charge is 0.330 e. The van der Waals surface area contributed by atoms with Crippen molar-refractivity contribution in [1.29, 1.82) is 0 Å². The fourth-order valence-electron chi connectivity index (χ4n) is 3.78. The average Bonchev–Trinajstić information content (AvgIpc) is 2.80. The van der Waals surface area contributed by atoms with Gasteiger partial charge < -0.3 is 10.1 Å². The number of amides is 1. The highest BCUT2D eigenvalue weighted by Gasteiger charge is 2.48. The molecule has 0 bridgehead atoms. The number of esters is 1. The molecule has 1 unspecified atom stereocenters. The van der Waals surface area contributed by atoms with Crippen molar-refractivity contribution in [3.63, 3.8) is 0 Å². The summed E-state index contributed by atoms with van der Waals surface area (Å²) in [5.74, 6) is -1.00. The molecule has 172 valence electrons. The van der Waals surface area contributed by atoms with Gasteiger partial charge in [0.25, 0.3) is 5.91 Å². The molecule has 8 nitrogen and oxygen atoms in total. The van der Waals surface area contributed by atoms with Crippen molar-refractivity contribution in [2.45, 2.75) is 37.1 Å². The molecule has 1 aliphatic rings. The van der Waals surface area contributed by atoms with Crippen LogP contribution in [0, 0.1) is 4.91 Å². The molecule has 1 saturated heterocycles. The number of piperidine rings is 1. The Bertz CT molecular complexity index is 880. The second-order valence-corrected chi connectivity index (χ2v) is 8.54. The molecule has 0 aliphatic carbocycles. The van der Waals surface area contributed by atoms with Crippen LogP contribution in [0.25, 0.3) is 0 Å². The molecule has 3 rings (SSSR count). The van der Waals surface area contributed by atoms with E-state index in [9.17, 15) is 14.5 Å². The van der Waals surface area contributed by atoms with Crippen LogP contribution in [0.3, 0.4) is 0 Å². The number of hydrogen-bond acceptors (Lipinski definition) is 8. The number of nitrogens with one attached hydrogen (secondary N) is 1. The van der Waals surface area contributed by atoms with E-state index in [1.165, 1.54) is 11.8 Å². The molecule has 0 saturated carbocycles. The molecule has 1 N–H and O–H groups in total. The maximum absolute atomic E-state index is 12.8. The van der Waals surface area contributed by atoms with Crippen LogP contribution < -0.4 is 5.32 Å². The van der Waals surface area contributed by atoms with E-state index >= 15 is 0 Å². The molecular formula is C22H27ClN4O4S. The lowest BCUT2D eigenvalue weighted by Crippen LogP contribution is -2.59. The first-order valence-corrected chi connectivity index (χ1v) is 11.0. The first kappa shape index (κ1) is 25.8. The normalized spacial score (nSPS) is 16.3. The maximum atomic E-state index is 12.8. The summed E-state index contributed by atoms with van der Waals surface area (Å²) in [5, 5.41) is 2.79. The minimum absolute atomic E-state index is 0. The number of aromatic nitrogens is 1. The Kier molecular flexibility index (Phi) is 10.1. The predicted octanol–water partition coefficient (Wildman–Crippen LogP) is 3.61. The van der Waals surface area contributed by atoms with Crippen molar-refractivity contribution >= 4 is 36.2 Å². The number of nitrogens with zero attached hydrogens (tertiary/aromatic N) is 3. The summed E-state index contributed by atoms with van der Waals surface area (Å²) >= 11 is 0.819. The first-order chi connectivity index (χ1) is 15.1. The van der Waals surface area contributed by atoms with E-state index in [4.69, 9.17) is 4.74 Å². The second-order valence-electron chi connectivity index (χ2n) is 7.39. The van der Waals surface area contributed by atoms with E-state index in [2.05, 4.69) is 31.9 Å². The van der Waals surface area contributed by atoms with Crippen LogP contribution in [-0.4, -0.2) is 52.2 Å².